The summed E-state index contributed by atoms with van der Waals surface area (Å²) in [6.07, 6.45) is 3.17. The lowest BCUT2D eigenvalue weighted by molar-refractivity contribution is -0.121. The molecule has 4 rings (SSSR count). The molecular weight excluding hydrogens is 348 g/mol. The Morgan fingerprint density at radius 2 is 1.64 bits per heavy atom. The van der Waals surface area contributed by atoms with Crippen molar-refractivity contribution in [2.45, 2.75) is 19.3 Å². The monoisotopic (exact) mass is 370 g/mol. The van der Waals surface area contributed by atoms with Crippen molar-refractivity contribution in [2.75, 3.05) is 6.54 Å². The van der Waals surface area contributed by atoms with Gasteiger partial charge in [-0.1, -0.05) is 54.6 Å². The highest BCUT2D eigenvalue weighted by Crippen LogP contribution is 2.18. The summed E-state index contributed by atoms with van der Waals surface area (Å²) >= 11 is 0. The molecule has 1 amide bonds. The second kappa shape index (κ2) is 8.09. The zero-order valence-electron chi connectivity index (χ0n) is 15.6. The molecule has 3 aromatic carbocycles. The van der Waals surface area contributed by atoms with Crippen LogP contribution in [0.25, 0.3) is 21.7 Å². The van der Waals surface area contributed by atoms with Crippen molar-refractivity contribution >= 4 is 33.4 Å². The summed E-state index contributed by atoms with van der Waals surface area (Å²) in [5.74, 6) is -0.0912. The van der Waals surface area contributed by atoms with E-state index in [0.717, 1.165) is 22.7 Å². The van der Waals surface area contributed by atoms with Crippen molar-refractivity contribution < 1.29 is 9.59 Å². The summed E-state index contributed by atoms with van der Waals surface area (Å²) in [5.41, 5.74) is 2.94. The number of fused-ring (bicyclic) bond motifs is 2. The van der Waals surface area contributed by atoms with Crippen LogP contribution in [0, 0.1) is 0 Å². The Kier molecular flexibility index (Phi) is 5.20. The number of hydrogen-bond donors (Lipinski definition) is 2. The summed E-state index contributed by atoms with van der Waals surface area (Å²) in [6.45, 7) is 0.560. The van der Waals surface area contributed by atoms with Crippen LogP contribution in [0.2, 0.25) is 0 Å². The fraction of sp³-hybridized carbons (Fsp3) is 0.167. The number of aromatic nitrogens is 1. The molecule has 4 nitrogen and oxygen atoms in total. The number of H-pyrrole nitrogens is 1. The van der Waals surface area contributed by atoms with E-state index >= 15 is 0 Å². The molecule has 0 fully saturated rings. The van der Waals surface area contributed by atoms with Crippen LogP contribution in [-0.4, -0.2) is 23.2 Å². The number of carbonyl (C=O) groups is 2. The van der Waals surface area contributed by atoms with Crippen molar-refractivity contribution in [1.29, 1.82) is 0 Å². The maximum atomic E-state index is 12.4. The van der Waals surface area contributed by atoms with Gasteiger partial charge in [0.25, 0.3) is 0 Å². The first kappa shape index (κ1) is 18.0. The first-order valence-electron chi connectivity index (χ1n) is 9.54. The molecule has 4 aromatic rings. The Labute approximate surface area is 163 Å². The summed E-state index contributed by atoms with van der Waals surface area (Å²) < 4.78 is 0. The molecule has 4 heteroatoms. The first-order chi connectivity index (χ1) is 13.7. The number of Topliss-reactive ketones (excluding diaryl/α,β-unsaturated/α-hetero) is 1. The highest BCUT2D eigenvalue weighted by molar-refractivity contribution is 6.01. The van der Waals surface area contributed by atoms with Crippen LogP contribution in [0.1, 0.15) is 28.8 Å². The SMILES string of the molecule is O=C(CCC(=O)c1ccc2ccccc2c1)NCCc1c[nH]c2ccccc12. The predicted molar refractivity (Wildman–Crippen MR) is 113 cm³/mol. The van der Waals surface area contributed by atoms with Gasteiger partial charge in [-0.2, -0.15) is 0 Å². The van der Waals surface area contributed by atoms with E-state index in [1.54, 1.807) is 0 Å². The summed E-state index contributed by atoms with van der Waals surface area (Å²) in [5, 5.41) is 6.24. The molecule has 0 aliphatic carbocycles. The molecule has 0 radical (unpaired) electrons. The van der Waals surface area contributed by atoms with Gasteiger partial charge in [-0.05, 0) is 34.9 Å². The number of rotatable bonds is 7. The van der Waals surface area contributed by atoms with Crippen LogP contribution < -0.4 is 5.32 Å². The van der Waals surface area contributed by atoms with Gasteiger partial charge in [-0.25, -0.2) is 0 Å². The molecule has 0 aliphatic heterocycles. The Morgan fingerprint density at radius 1 is 0.857 bits per heavy atom. The van der Waals surface area contributed by atoms with Crippen molar-refractivity contribution in [2.24, 2.45) is 0 Å². The van der Waals surface area contributed by atoms with E-state index in [0.29, 0.717) is 12.1 Å². The highest BCUT2D eigenvalue weighted by Gasteiger charge is 2.10. The third-order valence-electron chi connectivity index (χ3n) is 5.04. The number of ketones is 1. The zero-order valence-corrected chi connectivity index (χ0v) is 15.6. The fourth-order valence-corrected chi connectivity index (χ4v) is 3.50. The largest absolute Gasteiger partial charge is 0.361 e. The van der Waals surface area contributed by atoms with E-state index in [1.165, 1.54) is 10.9 Å². The molecule has 0 unspecified atom stereocenters. The van der Waals surface area contributed by atoms with Crippen LogP contribution in [0.5, 0.6) is 0 Å². The third kappa shape index (κ3) is 3.96. The third-order valence-corrected chi connectivity index (χ3v) is 5.04. The van der Waals surface area contributed by atoms with Gasteiger partial charge in [0.1, 0.15) is 0 Å². The van der Waals surface area contributed by atoms with E-state index in [1.807, 2.05) is 66.9 Å². The second-order valence-corrected chi connectivity index (χ2v) is 6.94. The number of nitrogens with one attached hydrogen (secondary N) is 2. The van der Waals surface area contributed by atoms with Gasteiger partial charge in [-0.15, -0.1) is 0 Å². The molecule has 1 heterocycles. The van der Waals surface area contributed by atoms with Crippen molar-refractivity contribution in [3.05, 3.63) is 84.1 Å². The van der Waals surface area contributed by atoms with Crippen LogP contribution >= 0.6 is 0 Å². The van der Waals surface area contributed by atoms with Crippen LogP contribution in [0.3, 0.4) is 0 Å². The molecule has 0 saturated heterocycles. The van der Waals surface area contributed by atoms with E-state index in [9.17, 15) is 9.59 Å². The van der Waals surface area contributed by atoms with Gasteiger partial charge in [0.2, 0.25) is 5.91 Å². The average Bonchev–Trinajstić information content (AvgIpc) is 3.15. The van der Waals surface area contributed by atoms with Gasteiger partial charge in [-0.3, -0.25) is 9.59 Å². The van der Waals surface area contributed by atoms with Crippen LogP contribution in [0.4, 0.5) is 0 Å². The number of hydrogen-bond acceptors (Lipinski definition) is 2. The molecule has 1 aromatic heterocycles. The summed E-state index contributed by atoms with van der Waals surface area (Å²) in [4.78, 5) is 27.8. The molecule has 28 heavy (non-hydrogen) atoms. The minimum atomic E-state index is -0.0889. The minimum absolute atomic E-state index is 0.00229. The van der Waals surface area contributed by atoms with Crippen molar-refractivity contribution in [3.63, 3.8) is 0 Å². The fourth-order valence-electron chi connectivity index (χ4n) is 3.50. The smallest absolute Gasteiger partial charge is 0.220 e. The quantitative estimate of drug-likeness (QED) is 0.466. The normalized spacial score (nSPS) is 11.0. The number of carbonyl (C=O) groups excluding carboxylic acids is 2. The molecular formula is C24H22N2O2. The zero-order chi connectivity index (χ0) is 19.3. The Hall–Kier alpha value is -3.40. The minimum Gasteiger partial charge on any atom is -0.361 e. The van der Waals surface area contributed by atoms with Crippen molar-refractivity contribution in [1.82, 2.24) is 10.3 Å². The lowest BCUT2D eigenvalue weighted by Gasteiger charge is -2.06. The van der Waals surface area contributed by atoms with Gasteiger partial charge >= 0.3 is 0 Å². The standard InChI is InChI=1S/C24H22N2O2/c27-23(19-10-9-17-5-1-2-6-18(17)15-19)11-12-24(28)25-14-13-20-16-26-22-8-4-3-7-21(20)22/h1-10,15-16,26H,11-14H2,(H,25,28). The molecule has 0 spiro atoms. The van der Waals surface area contributed by atoms with E-state index < -0.39 is 0 Å². The Morgan fingerprint density at radius 3 is 2.54 bits per heavy atom. The topological polar surface area (TPSA) is 62.0 Å². The number of benzene rings is 3. The Bertz CT molecular complexity index is 1140. The van der Waals surface area contributed by atoms with Crippen molar-refractivity contribution in [3.8, 4) is 0 Å². The van der Waals surface area contributed by atoms with E-state index in [-0.39, 0.29) is 24.5 Å². The lowest BCUT2D eigenvalue weighted by Crippen LogP contribution is -2.26. The lowest BCUT2D eigenvalue weighted by atomic mass is 10.0. The van der Waals surface area contributed by atoms with E-state index in [2.05, 4.69) is 16.4 Å². The predicted octanol–water partition coefficient (Wildman–Crippen LogP) is 4.64. The summed E-state index contributed by atoms with van der Waals surface area (Å²) in [7, 11) is 0. The highest BCUT2D eigenvalue weighted by atomic mass is 16.2. The average molecular weight is 370 g/mol. The van der Waals surface area contributed by atoms with Gasteiger partial charge in [0, 0.05) is 42.0 Å². The molecule has 2 N–H and O–H groups in total. The molecule has 0 atom stereocenters. The maximum absolute atomic E-state index is 12.4. The summed E-state index contributed by atoms with van der Waals surface area (Å²) in [6, 6.07) is 21.7. The van der Waals surface area contributed by atoms with Gasteiger partial charge in [0.15, 0.2) is 5.78 Å². The first-order valence-corrected chi connectivity index (χ1v) is 9.54. The number of amides is 1. The van der Waals surface area contributed by atoms with Gasteiger partial charge < -0.3 is 10.3 Å². The molecule has 140 valence electrons. The second-order valence-electron chi connectivity index (χ2n) is 6.94. The van der Waals surface area contributed by atoms with Crippen LogP contribution in [-0.2, 0) is 11.2 Å². The number of aromatic amines is 1. The molecule has 0 aliphatic rings. The number of para-hydroxylation sites is 1. The van der Waals surface area contributed by atoms with E-state index in [4.69, 9.17) is 0 Å². The maximum Gasteiger partial charge on any atom is 0.220 e. The molecule has 0 saturated carbocycles. The van der Waals surface area contributed by atoms with Gasteiger partial charge in [0.05, 0.1) is 0 Å². The Balaban J connectivity index is 1.27. The van der Waals surface area contributed by atoms with Crippen LogP contribution in [0.15, 0.2) is 72.9 Å². The molecule has 0 bridgehead atoms.